The van der Waals surface area contributed by atoms with Crippen LogP contribution in [-0.4, -0.2) is 75.1 Å². The van der Waals surface area contributed by atoms with Crippen molar-refractivity contribution < 1.29 is 28.9 Å². The minimum Gasteiger partial charge on any atom is -0.507 e. The Labute approximate surface area is 197 Å². The van der Waals surface area contributed by atoms with Crippen LogP contribution in [-0.2, 0) is 9.59 Å². The van der Waals surface area contributed by atoms with Crippen LogP contribution in [0.5, 0.6) is 17.2 Å². The zero-order valence-electron chi connectivity index (χ0n) is 19.2. The van der Waals surface area contributed by atoms with Crippen molar-refractivity contribution in [3.8, 4) is 17.2 Å². The lowest BCUT2D eigenvalue weighted by molar-refractivity contribution is -0.140. The molecule has 1 aliphatic rings. The Morgan fingerprint density at radius 2 is 1.61 bits per heavy atom. The number of rotatable bonds is 8. The number of aliphatic hydroxyl groups excluding tert-OH is 1. The van der Waals surface area contributed by atoms with E-state index in [2.05, 4.69) is 0 Å². The van der Waals surface area contributed by atoms with E-state index in [0.717, 1.165) is 0 Å². The van der Waals surface area contributed by atoms with Crippen molar-refractivity contribution in [2.24, 2.45) is 0 Å². The first-order chi connectivity index (χ1) is 15.7. The van der Waals surface area contributed by atoms with Gasteiger partial charge in [0.15, 0.2) is 11.5 Å². The summed E-state index contributed by atoms with van der Waals surface area (Å²) in [5.41, 5.74) is 0.899. The van der Waals surface area contributed by atoms with Gasteiger partial charge in [0.25, 0.3) is 11.7 Å². The number of halogens is 1. The van der Waals surface area contributed by atoms with Gasteiger partial charge in [0.1, 0.15) is 5.76 Å². The third kappa shape index (κ3) is 4.77. The normalized spacial score (nSPS) is 17.5. The van der Waals surface area contributed by atoms with Crippen LogP contribution in [0.3, 0.4) is 0 Å². The van der Waals surface area contributed by atoms with E-state index in [1.165, 1.54) is 26.2 Å². The summed E-state index contributed by atoms with van der Waals surface area (Å²) in [6.45, 7) is 0.797. The zero-order valence-corrected chi connectivity index (χ0v) is 20.0. The van der Waals surface area contributed by atoms with E-state index < -0.39 is 17.7 Å². The topological polar surface area (TPSA) is 88.5 Å². The number of hydrogen-bond acceptors (Lipinski definition) is 7. The van der Waals surface area contributed by atoms with Gasteiger partial charge in [0.2, 0.25) is 5.75 Å². The van der Waals surface area contributed by atoms with Crippen LogP contribution in [0.4, 0.5) is 0 Å². The second kappa shape index (κ2) is 10.1. The van der Waals surface area contributed by atoms with Gasteiger partial charge in [-0.25, -0.2) is 0 Å². The molecule has 0 aliphatic carbocycles. The highest BCUT2D eigenvalue weighted by molar-refractivity contribution is 6.46. The number of nitrogens with zero attached hydrogens (tertiary/aromatic N) is 2. The van der Waals surface area contributed by atoms with Crippen LogP contribution >= 0.6 is 11.6 Å². The van der Waals surface area contributed by atoms with E-state index in [0.29, 0.717) is 39.9 Å². The summed E-state index contributed by atoms with van der Waals surface area (Å²) in [6, 6.07) is 8.90. The molecule has 0 saturated carbocycles. The van der Waals surface area contributed by atoms with Crippen LogP contribution in [0.15, 0.2) is 42.0 Å². The summed E-state index contributed by atoms with van der Waals surface area (Å²) < 4.78 is 16.3. The largest absolute Gasteiger partial charge is 0.507 e. The summed E-state index contributed by atoms with van der Waals surface area (Å²) in [5, 5.41) is 11.6. The van der Waals surface area contributed by atoms with Crippen molar-refractivity contribution in [3.05, 3.63) is 58.1 Å². The number of carbonyl (C=O) groups excluding carboxylic acids is 2. The molecule has 1 amide bonds. The van der Waals surface area contributed by atoms with Gasteiger partial charge in [-0.3, -0.25) is 9.59 Å². The van der Waals surface area contributed by atoms with Crippen molar-refractivity contribution in [3.63, 3.8) is 0 Å². The quantitative estimate of drug-likeness (QED) is 0.356. The Balaban J connectivity index is 2.25. The molecule has 3 rings (SSSR count). The fraction of sp³-hybridized carbons (Fsp3) is 0.333. The molecule has 0 aromatic heterocycles. The molecular weight excluding hydrogens is 448 g/mol. The lowest BCUT2D eigenvalue weighted by Gasteiger charge is -2.27. The molecule has 1 saturated heterocycles. The number of methoxy groups -OCH3 is 3. The molecule has 1 fully saturated rings. The predicted molar refractivity (Wildman–Crippen MR) is 125 cm³/mol. The molecule has 2 aromatic rings. The zero-order chi connectivity index (χ0) is 24.3. The first-order valence-corrected chi connectivity index (χ1v) is 10.6. The van der Waals surface area contributed by atoms with E-state index in [9.17, 15) is 14.7 Å². The van der Waals surface area contributed by atoms with Crippen molar-refractivity contribution in [2.45, 2.75) is 6.04 Å². The molecule has 1 aliphatic heterocycles. The SMILES string of the molecule is COc1cc(C2/C(=C(/O)c3ccc(Cl)cc3)C(=O)C(=O)N2CCN(C)C)cc(OC)c1OC. The highest BCUT2D eigenvalue weighted by atomic mass is 35.5. The maximum Gasteiger partial charge on any atom is 0.295 e. The van der Waals surface area contributed by atoms with Crippen LogP contribution in [0.2, 0.25) is 5.02 Å². The highest BCUT2D eigenvalue weighted by Gasteiger charge is 2.46. The highest BCUT2D eigenvalue weighted by Crippen LogP contribution is 2.45. The van der Waals surface area contributed by atoms with Gasteiger partial charge < -0.3 is 29.1 Å². The van der Waals surface area contributed by atoms with E-state index in [4.69, 9.17) is 25.8 Å². The molecular formula is C24H27ClN2O6. The summed E-state index contributed by atoms with van der Waals surface area (Å²) in [4.78, 5) is 29.5. The number of carbonyl (C=O) groups is 2. The van der Waals surface area contributed by atoms with Crippen molar-refractivity contribution in [1.29, 1.82) is 0 Å². The lowest BCUT2D eigenvalue weighted by atomic mass is 9.94. The smallest absolute Gasteiger partial charge is 0.295 e. The molecule has 0 radical (unpaired) electrons. The average molecular weight is 475 g/mol. The van der Waals surface area contributed by atoms with Crippen LogP contribution in [0.25, 0.3) is 5.76 Å². The van der Waals surface area contributed by atoms with Crippen LogP contribution in [0, 0.1) is 0 Å². The summed E-state index contributed by atoms with van der Waals surface area (Å²) in [7, 11) is 8.21. The Bertz CT molecular complexity index is 1060. The van der Waals surface area contributed by atoms with Crippen molar-refractivity contribution in [2.75, 3.05) is 48.5 Å². The number of Topliss-reactive ketones (excluding diaryl/α,β-unsaturated/α-hetero) is 1. The van der Waals surface area contributed by atoms with E-state index in [1.54, 1.807) is 36.4 Å². The number of amides is 1. The van der Waals surface area contributed by atoms with Gasteiger partial charge in [0, 0.05) is 23.7 Å². The Morgan fingerprint density at radius 3 is 2.09 bits per heavy atom. The molecule has 33 heavy (non-hydrogen) atoms. The molecule has 9 heteroatoms. The Hall–Kier alpha value is -3.23. The van der Waals surface area contributed by atoms with Gasteiger partial charge in [-0.1, -0.05) is 11.6 Å². The molecule has 0 spiro atoms. The molecule has 0 bridgehead atoms. The van der Waals surface area contributed by atoms with Crippen LogP contribution < -0.4 is 14.2 Å². The minimum atomic E-state index is -0.852. The molecule has 1 heterocycles. The third-order valence-electron chi connectivity index (χ3n) is 5.45. The first kappa shape index (κ1) is 24.4. The molecule has 1 atom stereocenters. The van der Waals surface area contributed by atoms with Crippen LogP contribution in [0.1, 0.15) is 17.2 Å². The third-order valence-corrected chi connectivity index (χ3v) is 5.70. The number of aliphatic hydroxyl groups is 1. The van der Waals surface area contributed by atoms with Gasteiger partial charge in [-0.2, -0.15) is 0 Å². The second-order valence-electron chi connectivity index (χ2n) is 7.76. The number of hydrogen-bond donors (Lipinski definition) is 1. The van der Waals surface area contributed by atoms with Gasteiger partial charge in [0.05, 0.1) is 32.9 Å². The fourth-order valence-electron chi connectivity index (χ4n) is 3.79. The molecule has 176 valence electrons. The first-order valence-electron chi connectivity index (χ1n) is 10.2. The maximum atomic E-state index is 13.1. The Morgan fingerprint density at radius 1 is 1.03 bits per heavy atom. The number of likely N-dealkylation sites (N-methyl/N-ethyl adjacent to an activating group) is 1. The minimum absolute atomic E-state index is 0.0182. The average Bonchev–Trinajstić information content (AvgIpc) is 3.06. The van der Waals surface area contributed by atoms with Gasteiger partial charge in [-0.05, 0) is 56.1 Å². The Kier molecular flexibility index (Phi) is 7.50. The second-order valence-corrected chi connectivity index (χ2v) is 8.20. The predicted octanol–water partition coefficient (Wildman–Crippen LogP) is 3.35. The number of ether oxygens (including phenoxy) is 3. The van der Waals surface area contributed by atoms with E-state index >= 15 is 0 Å². The maximum absolute atomic E-state index is 13.1. The summed E-state index contributed by atoms with van der Waals surface area (Å²) in [5.74, 6) is -0.609. The van der Waals surface area contributed by atoms with Crippen molar-refractivity contribution >= 4 is 29.1 Å². The number of benzene rings is 2. The van der Waals surface area contributed by atoms with Gasteiger partial charge in [-0.15, -0.1) is 0 Å². The lowest BCUT2D eigenvalue weighted by Crippen LogP contribution is -2.35. The molecule has 1 unspecified atom stereocenters. The molecule has 2 aromatic carbocycles. The fourth-order valence-corrected chi connectivity index (χ4v) is 3.91. The van der Waals surface area contributed by atoms with Crippen molar-refractivity contribution in [1.82, 2.24) is 9.80 Å². The monoisotopic (exact) mass is 474 g/mol. The standard InChI is InChI=1S/C24H27ClN2O6/c1-26(2)10-11-27-20(15-12-17(31-3)23(33-5)18(13-15)32-4)19(22(29)24(27)30)21(28)14-6-8-16(25)9-7-14/h6-9,12-13,20,28H,10-11H2,1-5H3/b21-19-. The number of likely N-dealkylation sites (tertiary alicyclic amines) is 1. The van der Waals surface area contributed by atoms with Gasteiger partial charge >= 0.3 is 0 Å². The molecule has 1 N–H and O–H groups in total. The summed E-state index contributed by atoms with van der Waals surface area (Å²) >= 11 is 5.97. The number of ketones is 1. The van der Waals surface area contributed by atoms with E-state index in [1.807, 2.05) is 19.0 Å². The molecule has 8 nitrogen and oxygen atoms in total. The van der Waals surface area contributed by atoms with E-state index in [-0.39, 0.29) is 17.9 Å². The summed E-state index contributed by atoms with van der Waals surface area (Å²) in [6.07, 6.45) is 0.